The highest BCUT2D eigenvalue weighted by atomic mass is 32.2. The first-order chi connectivity index (χ1) is 9.62. The first-order valence-corrected chi connectivity index (χ1v) is 8.20. The average Bonchev–Trinajstić information content (AvgIpc) is 2.97. The smallest absolute Gasteiger partial charge is 0.240 e. The molecule has 0 aliphatic heterocycles. The molecule has 0 radical (unpaired) electrons. The van der Waals surface area contributed by atoms with E-state index in [9.17, 15) is 8.42 Å². The second-order valence-electron chi connectivity index (χ2n) is 3.79. The molecule has 0 aliphatic carbocycles. The molecule has 0 aliphatic rings. The molecule has 1 aromatic carbocycles. The van der Waals surface area contributed by atoms with E-state index in [2.05, 4.69) is 9.71 Å². The highest BCUT2D eigenvalue weighted by molar-refractivity contribution is 7.89. The summed E-state index contributed by atoms with van der Waals surface area (Å²) in [5.74, 6) is 0.512. The van der Waals surface area contributed by atoms with Gasteiger partial charge in [-0.1, -0.05) is 0 Å². The van der Waals surface area contributed by atoms with E-state index in [-0.39, 0.29) is 24.7 Å². The fraction of sp³-hybridized carbons (Fsp3) is 0.250. The molecule has 8 heteroatoms. The van der Waals surface area contributed by atoms with Crippen LogP contribution in [0.4, 0.5) is 0 Å². The molecule has 0 amide bonds. The Morgan fingerprint density at radius 1 is 1.30 bits per heavy atom. The Morgan fingerprint density at radius 2 is 2.05 bits per heavy atom. The third-order valence-electron chi connectivity index (χ3n) is 2.39. The zero-order valence-corrected chi connectivity index (χ0v) is 12.2. The minimum absolute atomic E-state index is 0.0879. The van der Waals surface area contributed by atoms with Gasteiger partial charge in [-0.3, -0.25) is 0 Å². The Morgan fingerprint density at radius 3 is 2.65 bits per heavy atom. The fourth-order valence-electron chi connectivity index (χ4n) is 1.46. The van der Waals surface area contributed by atoms with E-state index in [4.69, 9.17) is 9.84 Å². The first kappa shape index (κ1) is 14.9. The number of nitrogens with zero attached hydrogens (tertiary/aromatic N) is 1. The van der Waals surface area contributed by atoms with Gasteiger partial charge in [0.05, 0.1) is 18.0 Å². The summed E-state index contributed by atoms with van der Waals surface area (Å²) in [5.41, 5.74) is 0. The molecular weight excluding hydrogens is 300 g/mol. The number of nitrogens with one attached hydrogen (secondary N) is 1. The van der Waals surface area contributed by atoms with Crippen LogP contribution in [-0.2, 0) is 16.6 Å². The lowest BCUT2D eigenvalue weighted by atomic mass is 10.3. The van der Waals surface area contributed by atoms with E-state index in [1.807, 2.05) is 0 Å². The van der Waals surface area contributed by atoms with Gasteiger partial charge in [0.1, 0.15) is 17.4 Å². The summed E-state index contributed by atoms with van der Waals surface area (Å²) in [4.78, 5) is 4.17. The molecule has 2 rings (SSSR count). The van der Waals surface area contributed by atoms with Gasteiger partial charge < -0.3 is 9.84 Å². The normalized spacial score (nSPS) is 11.4. The lowest BCUT2D eigenvalue weighted by Gasteiger charge is -2.07. The van der Waals surface area contributed by atoms with E-state index < -0.39 is 10.0 Å². The molecule has 108 valence electrons. The summed E-state index contributed by atoms with van der Waals surface area (Å²) >= 11 is 1.39. The van der Waals surface area contributed by atoms with E-state index in [0.29, 0.717) is 10.8 Å². The van der Waals surface area contributed by atoms with Gasteiger partial charge >= 0.3 is 0 Å². The van der Waals surface area contributed by atoms with Gasteiger partial charge in [0.15, 0.2) is 0 Å². The molecule has 1 heterocycles. The highest BCUT2D eigenvalue weighted by Gasteiger charge is 2.14. The molecule has 0 saturated heterocycles. The van der Waals surface area contributed by atoms with Gasteiger partial charge in [-0.15, -0.1) is 11.3 Å². The number of aliphatic hydroxyl groups is 1. The Bertz CT molecular complexity index is 624. The van der Waals surface area contributed by atoms with Crippen molar-refractivity contribution in [1.29, 1.82) is 0 Å². The first-order valence-electron chi connectivity index (χ1n) is 5.83. The molecular formula is C12H14N2O4S2. The standard InChI is InChI=1S/C12H14N2O4S2/c15-6-7-18-10-1-3-11(4-2-10)20(16,17)14-9-12-13-5-8-19-12/h1-5,8,14-15H,6-7,9H2. The van der Waals surface area contributed by atoms with Gasteiger partial charge in [-0.05, 0) is 24.3 Å². The Hall–Kier alpha value is -1.48. The van der Waals surface area contributed by atoms with Crippen molar-refractivity contribution in [2.75, 3.05) is 13.2 Å². The van der Waals surface area contributed by atoms with Crippen LogP contribution >= 0.6 is 11.3 Å². The minimum Gasteiger partial charge on any atom is -0.491 e. The van der Waals surface area contributed by atoms with E-state index in [0.717, 1.165) is 0 Å². The number of aliphatic hydroxyl groups excluding tert-OH is 1. The summed E-state index contributed by atoms with van der Waals surface area (Å²) in [6.07, 6.45) is 1.63. The van der Waals surface area contributed by atoms with Crippen LogP contribution in [0.5, 0.6) is 5.75 Å². The van der Waals surface area contributed by atoms with Crippen LogP contribution in [0.1, 0.15) is 5.01 Å². The van der Waals surface area contributed by atoms with Gasteiger partial charge in [0.2, 0.25) is 10.0 Å². The van der Waals surface area contributed by atoms with Gasteiger partial charge in [-0.2, -0.15) is 0 Å². The Labute approximate surface area is 121 Å². The molecule has 0 bridgehead atoms. The topological polar surface area (TPSA) is 88.5 Å². The van der Waals surface area contributed by atoms with Gasteiger partial charge in [0, 0.05) is 11.6 Å². The third kappa shape index (κ3) is 4.01. The number of rotatable bonds is 7. The van der Waals surface area contributed by atoms with Crippen molar-refractivity contribution in [1.82, 2.24) is 9.71 Å². The van der Waals surface area contributed by atoms with Crippen molar-refractivity contribution in [3.8, 4) is 5.75 Å². The highest BCUT2D eigenvalue weighted by Crippen LogP contribution is 2.16. The van der Waals surface area contributed by atoms with Crippen LogP contribution in [0.3, 0.4) is 0 Å². The van der Waals surface area contributed by atoms with Gasteiger partial charge in [0.25, 0.3) is 0 Å². The van der Waals surface area contributed by atoms with E-state index in [1.54, 1.807) is 23.7 Å². The van der Waals surface area contributed by atoms with Crippen LogP contribution in [0.25, 0.3) is 0 Å². The second-order valence-corrected chi connectivity index (χ2v) is 6.54. The van der Waals surface area contributed by atoms with E-state index >= 15 is 0 Å². The molecule has 2 aromatic rings. The van der Waals surface area contributed by atoms with Crippen molar-refractivity contribution in [3.05, 3.63) is 40.8 Å². The third-order valence-corrected chi connectivity index (χ3v) is 4.59. The molecule has 0 fully saturated rings. The summed E-state index contributed by atoms with van der Waals surface area (Å²) in [5, 5.41) is 11.1. The van der Waals surface area contributed by atoms with Crippen molar-refractivity contribution in [2.24, 2.45) is 0 Å². The van der Waals surface area contributed by atoms with Crippen molar-refractivity contribution >= 4 is 21.4 Å². The summed E-state index contributed by atoms with van der Waals surface area (Å²) in [6.45, 7) is 0.257. The fourth-order valence-corrected chi connectivity index (χ4v) is 3.09. The predicted octanol–water partition coefficient (Wildman–Crippen LogP) is 0.993. The van der Waals surface area contributed by atoms with E-state index in [1.165, 1.54) is 23.5 Å². The van der Waals surface area contributed by atoms with Crippen molar-refractivity contribution < 1.29 is 18.3 Å². The number of benzene rings is 1. The monoisotopic (exact) mass is 314 g/mol. The Kier molecular flexibility index (Phi) is 5.07. The second kappa shape index (κ2) is 6.80. The largest absolute Gasteiger partial charge is 0.491 e. The molecule has 6 nitrogen and oxygen atoms in total. The zero-order valence-electron chi connectivity index (χ0n) is 10.5. The molecule has 20 heavy (non-hydrogen) atoms. The van der Waals surface area contributed by atoms with Crippen LogP contribution in [0.2, 0.25) is 0 Å². The maximum atomic E-state index is 12.0. The average molecular weight is 314 g/mol. The lowest BCUT2D eigenvalue weighted by molar-refractivity contribution is 0.201. The number of thiazole rings is 1. The van der Waals surface area contributed by atoms with Crippen LogP contribution < -0.4 is 9.46 Å². The summed E-state index contributed by atoms with van der Waals surface area (Å²) in [6, 6.07) is 6.01. The van der Waals surface area contributed by atoms with Crippen LogP contribution in [-0.4, -0.2) is 31.7 Å². The Balaban J connectivity index is 2.01. The zero-order chi connectivity index (χ0) is 14.4. The molecule has 0 unspecified atom stereocenters. The number of sulfonamides is 1. The maximum Gasteiger partial charge on any atom is 0.240 e. The molecule has 0 spiro atoms. The van der Waals surface area contributed by atoms with Crippen molar-refractivity contribution in [2.45, 2.75) is 11.4 Å². The number of hydrogen-bond donors (Lipinski definition) is 2. The van der Waals surface area contributed by atoms with Gasteiger partial charge in [-0.25, -0.2) is 18.1 Å². The molecule has 0 saturated carbocycles. The quantitative estimate of drug-likeness (QED) is 0.796. The SMILES string of the molecule is O=S(=O)(NCc1nccs1)c1ccc(OCCO)cc1. The van der Waals surface area contributed by atoms with Crippen molar-refractivity contribution in [3.63, 3.8) is 0 Å². The molecule has 0 atom stereocenters. The number of hydrogen-bond acceptors (Lipinski definition) is 6. The summed E-state index contributed by atoms with van der Waals surface area (Å²) < 4.78 is 31.7. The van der Waals surface area contributed by atoms with Crippen LogP contribution in [0, 0.1) is 0 Å². The number of ether oxygens (including phenoxy) is 1. The lowest BCUT2D eigenvalue weighted by Crippen LogP contribution is -2.23. The minimum atomic E-state index is -3.56. The molecule has 1 aromatic heterocycles. The predicted molar refractivity (Wildman–Crippen MR) is 75.2 cm³/mol. The number of aromatic nitrogens is 1. The maximum absolute atomic E-state index is 12.0. The van der Waals surface area contributed by atoms with Crippen LogP contribution in [0.15, 0.2) is 40.7 Å². The molecule has 2 N–H and O–H groups in total. The summed E-state index contributed by atoms with van der Waals surface area (Å²) in [7, 11) is -3.56.